The number of Topliss-reactive ketones (excluding diaryl/α,β-unsaturated/α-hetero) is 2. The van der Waals surface area contributed by atoms with E-state index in [1.165, 1.54) is 9.80 Å². The molecule has 6 amide bonds. The number of likely N-dealkylation sites (N-methyl/N-ethyl adjacent to an activating group) is 2. The predicted molar refractivity (Wildman–Crippen MR) is 305 cm³/mol. The van der Waals surface area contributed by atoms with Gasteiger partial charge in [-0.25, -0.2) is 0 Å². The maximum Gasteiger partial charge on any atom is 0.246 e. The number of benzene rings is 3. The van der Waals surface area contributed by atoms with E-state index in [4.69, 9.17) is 9.47 Å². The molecule has 0 unspecified atom stereocenters. The second-order valence-electron chi connectivity index (χ2n) is 24.7. The van der Waals surface area contributed by atoms with Gasteiger partial charge in [0.15, 0.2) is 11.6 Å². The molecule has 18 heteroatoms. The van der Waals surface area contributed by atoms with Crippen molar-refractivity contribution in [2.45, 2.75) is 168 Å². The highest BCUT2D eigenvalue weighted by molar-refractivity contribution is 6.02. The normalized spacial score (nSPS) is 22.4. The van der Waals surface area contributed by atoms with Gasteiger partial charge in [0, 0.05) is 37.1 Å². The third-order valence-corrected chi connectivity index (χ3v) is 16.8. The third-order valence-electron chi connectivity index (χ3n) is 16.8. The Morgan fingerprint density at radius 2 is 0.963 bits per heavy atom. The van der Waals surface area contributed by atoms with Crippen molar-refractivity contribution in [2.24, 2.45) is 22.7 Å². The quantitative estimate of drug-likeness (QED) is 0.0721. The van der Waals surface area contributed by atoms with Crippen molar-refractivity contribution in [1.82, 2.24) is 41.7 Å². The summed E-state index contributed by atoms with van der Waals surface area (Å²) < 4.78 is 11.0. The van der Waals surface area contributed by atoms with Gasteiger partial charge >= 0.3 is 0 Å². The van der Waals surface area contributed by atoms with Crippen molar-refractivity contribution in [3.8, 4) is 11.5 Å². The first-order valence-corrected chi connectivity index (χ1v) is 28.5. The molecule has 0 radical (unpaired) electrons. The number of nitrogens with one attached hydrogen (secondary N) is 6. The van der Waals surface area contributed by atoms with E-state index < -0.39 is 70.7 Å². The van der Waals surface area contributed by atoms with Gasteiger partial charge in [-0.05, 0) is 155 Å². The molecule has 0 bridgehead atoms. The minimum Gasteiger partial charge on any atom is -0.497 e. The summed E-state index contributed by atoms with van der Waals surface area (Å²) in [5.74, 6) is -2.18. The molecule has 7 rings (SSSR count). The Labute approximate surface area is 472 Å². The van der Waals surface area contributed by atoms with Crippen LogP contribution < -0.4 is 41.4 Å². The van der Waals surface area contributed by atoms with Crippen LogP contribution in [0.2, 0.25) is 0 Å². The van der Waals surface area contributed by atoms with Gasteiger partial charge in [-0.2, -0.15) is 0 Å². The summed E-state index contributed by atoms with van der Waals surface area (Å²) in [4.78, 5) is 117. The van der Waals surface area contributed by atoms with Crippen molar-refractivity contribution in [1.29, 1.82) is 0 Å². The van der Waals surface area contributed by atoms with Crippen LogP contribution in [0.5, 0.6) is 11.5 Å². The van der Waals surface area contributed by atoms with Crippen LogP contribution in [0.3, 0.4) is 0 Å². The van der Waals surface area contributed by atoms with Crippen molar-refractivity contribution < 1.29 is 47.8 Å². The van der Waals surface area contributed by atoms with Crippen LogP contribution in [0.25, 0.3) is 0 Å². The molecule has 2 fully saturated rings. The second kappa shape index (κ2) is 25.9. The molecule has 0 spiro atoms. The highest BCUT2D eigenvalue weighted by Gasteiger charge is 2.48. The fourth-order valence-electron chi connectivity index (χ4n) is 11.8. The Hall–Kier alpha value is -6.66. The maximum absolute atomic E-state index is 14.8. The first-order chi connectivity index (χ1) is 37.8. The van der Waals surface area contributed by atoms with Crippen LogP contribution in [-0.4, -0.2) is 134 Å². The molecule has 10 atom stereocenters. The number of amides is 6. The van der Waals surface area contributed by atoms with E-state index >= 15 is 0 Å². The molecule has 2 heterocycles. The minimum atomic E-state index is -0.983. The number of ether oxygens (including phenoxy) is 2. The smallest absolute Gasteiger partial charge is 0.246 e. The van der Waals surface area contributed by atoms with Gasteiger partial charge in [0.05, 0.1) is 38.4 Å². The topological polar surface area (TPSA) is 234 Å². The number of likely N-dealkylation sites (tertiary alicyclic amines) is 2. The maximum atomic E-state index is 14.8. The first kappa shape index (κ1) is 61.0. The van der Waals surface area contributed by atoms with Gasteiger partial charge in [-0.3, -0.25) is 38.4 Å². The summed E-state index contributed by atoms with van der Waals surface area (Å²) in [6.07, 6.45) is 5.14. The molecule has 18 nitrogen and oxygen atoms in total. The molecule has 0 saturated carbocycles. The number of hydrogen-bond donors (Lipinski definition) is 6. The lowest BCUT2D eigenvalue weighted by Crippen LogP contribution is -2.59. The number of hydrogen-bond acceptors (Lipinski definition) is 12. The van der Waals surface area contributed by atoms with Gasteiger partial charge in [-0.15, -0.1) is 0 Å². The van der Waals surface area contributed by atoms with Crippen LogP contribution in [0.4, 0.5) is 0 Å². The number of carbonyl (C=O) groups excluding carboxylic acids is 8. The molecule has 4 aliphatic rings. The Kier molecular flexibility index (Phi) is 19.7. The molecule has 80 heavy (non-hydrogen) atoms. The Balaban J connectivity index is 1.10. The van der Waals surface area contributed by atoms with E-state index in [2.05, 4.69) is 31.9 Å². The lowest BCUT2D eigenvalue weighted by atomic mass is 9.85. The lowest BCUT2D eigenvalue weighted by Gasteiger charge is -2.36. The zero-order valence-electron chi connectivity index (χ0n) is 49.0. The van der Waals surface area contributed by atoms with Gasteiger partial charge < -0.3 is 51.2 Å². The number of fused-ring (bicyclic) bond motifs is 2. The number of nitrogens with zero attached hydrogens (tertiary/aromatic N) is 2. The molecule has 2 saturated heterocycles. The molecule has 0 aromatic heterocycles. The molecule has 3 aromatic rings. The SMILES string of the molecule is CN[C@@H](C)C(=O)N[C@H](C(=O)N1C[C@@H](CC(=O)c2cccc(C(=O)C[C@H]3C[C@@H](C(=O)N[C@@H]4CCCc5cc(OC)ccc54)N(C(=O)[C@@H](NC(=O)[C@H](C)NC)C(C)(C)C)C3)c2)C[C@H]1C(=O)N[C@@H]1CCCc2cc(OC)ccc21)C(C)(C)C. The monoisotopic (exact) mass is 1100 g/mol. The van der Waals surface area contributed by atoms with Gasteiger partial charge in [-0.1, -0.05) is 71.9 Å². The van der Waals surface area contributed by atoms with E-state index in [0.717, 1.165) is 59.4 Å². The van der Waals surface area contributed by atoms with Gasteiger partial charge in [0.2, 0.25) is 35.4 Å². The zero-order chi connectivity index (χ0) is 58.4. The first-order valence-electron chi connectivity index (χ1n) is 28.5. The lowest BCUT2D eigenvalue weighted by molar-refractivity contribution is -0.144. The largest absolute Gasteiger partial charge is 0.497 e. The highest BCUT2D eigenvalue weighted by Crippen LogP contribution is 2.38. The van der Waals surface area contributed by atoms with Crippen molar-refractivity contribution in [3.63, 3.8) is 0 Å². The zero-order valence-corrected chi connectivity index (χ0v) is 49.0. The molecular formula is C62H86N8O10. The molecule has 2 aliphatic heterocycles. The fourth-order valence-corrected chi connectivity index (χ4v) is 11.8. The average molecular weight is 1100 g/mol. The van der Waals surface area contributed by atoms with Crippen molar-refractivity contribution in [3.05, 3.63) is 94.0 Å². The third kappa shape index (κ3) is 14.3. The Morgan fingerprint density at radius 1 is 0.575 bits per heavy atom. The average Bonchev–Trinajstić information content (AvgIpc) is 4.09. The van der Waals surface area contributed by atoms with Gasteiger partial charge in [0.1, 0.15) is 35.7 Å². The highest BCUT2D eigenvalue weighted by atomic mass is 16.5. The number of rotatable bonds is 20. The molecule has 434 valence electrons. The molecule has 2 aliphatic carbocycles. The fraction of sp³-hybridized carbons (Fsp3) is 0.581. The summed E-state index contributed by atoms with van der Waals surface area (Å²) in [5, 5.41) is 18.2. The van der Waals surface area contributed by atoms with Gasteiger partial charge in [0.25, 0.3) is 0 Å². The van der Waals surface area contributed by atoms with Crippen molar-refractivity contribution in [2.75, 3.05) is 41.4 Å². The minimum absolute atomic E-state index is 0.0192. The van der Waals surface area contributed by atoms with Crippen LogP contribution in [-0.2, 0) is 41.6 Å². The summed E-state index contributed by atoms with van der Waals surface area (Å²) in [5.41, 5.74) is 3.26. The van der Waals surface area contributed by atoms with Crippen LogP contribution in [0.15, 0.2) is 60.7 Å². The molecular weight excluding hydrogens is 1020 g/mol. The number of methoxy groups -OCH3 is 2. The van der Waals surface area contributed by atoms with Crippen molar-refractivity contribution >= 4 is 47.0 Å². The number of aryl methyl sites for hydroxylation is 2. The van der Waals surface area contributed by atoms with E-state index in [1.54, 1.807) is 66.4 Å². The predicted octanol–water partition coefficient (Wildman–Crippen LogP) is 5.95. The van der Waals surface area contributed by atoms with Crippen LogP contribution in [0, 0.1) is 22.7 Å². The van der Waals surface area contributed by atoms with Crippen LogP contribution >= 0.6 is 0 Å². The van der Waals surface area contributed by atoms with Crippen LogP contribution in [0.1, 0.15) is 162 Å². The van der Waals surface area contributed by atoms with E-state index in [1.807, 2.05) is 77.9 Å². The van der Waals surface area contributed by atoms with E-state index in [0.29, 0.717) is 24.0 Å². The summed E-state index contributed by atoms with van der Waals surface area (Å²) >= 11 is 0. The Bertz CT molecular complexity index is 2620. The summed E-state index contributed by atoms with van der Waals surface area (Å²) in [7, 11) is 6.55. The standard InChI is InChI=1S/C62H86N8O10/c1-35(63-9)55(73)67-53(61(3,4)5)59(77)69-33-37(26-49(69)57(75)65-47-20-14-16-39-31-43(79-11)22-24-45(39)47)28-51(71)41-18-13-19-42(30-41)52(72)29-38-27-50(58(76)66-48-21-15-17-40-32-44(80-12)23-25-46(40)48)70(34-38)60(78)54(62(6,7)8)68-56(74)36(2)64-10/h13,18-19,22-25,30-32,35-38,47-50,53-54,63-64H,14-17,20-21,26-29,33-34H2,1-12H3,(H,65,75)(H,66,76)(H,67,73)(H,68,74)/t35-,36-,37+,38+,47+,48+,49-,50-,53+,54+/m0/s1. The summed E-state index contributed by atoms with van der Waals surface area (Å²) in [6.45, 7) is 14.7. The van der Waals surface area contributed by atoms with E-state index in [9.17, 15) is 38.4 Å². The molecule has 6 N–H and O–H groups in total. The second-order valence-corrected chi connectivity index (χ2v) is 24.7. The number of carbonyl (C=O) groups is 8. The molecule has 3 aromatic carbocycles. The summed E-state index contributed by atoms with van der Waals surface area (Å²) in [6, 6.07) is 12.6. The number of ketones is 2. The Morgan fingerprint density at radius 3 is 1.31 bits per heavy atom. The van der Waals surface area contributed by atoms with E-state index in [-0.39, 0.29) is 86.1 Å².